The van der Waals surface area contributed by atoms with Crippen LogP contribution in [0.15, 0.2) is 73.1 Å². The van der Waals surface area contributed by atoms with Crippen molar-refractivity contribution >= 4 is 17.5 Å². The van der Waals surface area contributed by atoms with Gasteiger partial charge < -0.3 is 4.90 Å². The van der Waals surface area contributed by atoms with Gasteiger partial charge in [-0.2, -0.15) is 0 Å². The minimum atomic E-state index is -0.0244. The summed E-state index contributed by atoms with van der Waals surface area (Å²) in [5.74, 6) is 0.0637. The summed E-state index contributed by atoms with van der Waals surface area (Å²) in [6.07, 6.45) is 4.41. The quantitative estimate of drug-likeness (QED) is 0.604. The van der Waals surface area contributed by atoms with Crippen molar-refractivity contribution in [3.63, 3.8) is 0 Å². The van der Waals surface area contributed by atoms with Crippen molar-refractivity contribution in [1.29, 1.82) is 0 Å². The number of pyridine rings is 1. The zero-order chi connectivity index (χ0) is 19.5. The number of benzene rings is 2. The fraction of sp³-hybridized carbons (Fsp3) is 0.250. The Morgan fingerprint density at radius 2 is 1.82 bits per heavy atom. The average molecular weight is 391 g/mol. The number of amides is 1. The second-order valence-electron chi connectivity index (χ2n) is 7.32. The highest BCUT2D eigenvalue weighted by molar-refractivity contribution is 6.27. The summed E-state index contributed by atoms with van der Waals surface area (Å²) in [5, 5.41) is 0. The fourth-order valence-corrected chi connectivity index (χ4v) is 4.47. The lowest BCUT2D eigenvalue weighted by Crippen LogP contribution is -2.48. The van der Waals surface area contributed by atoms with Crippen LogP contribution in [0, 0.1) is 6.92 Å². The SMILES string of the molecule is Cc1ccccc1C1c2ccccc2CN(C(=O)CCl)C1Cc1cccnc1. The molecule has 0 bridgehead atoms. The molecule has 28 heavy (non-hydrogen) atoms. The summed E-state index contributed by atoms with van der Waals surface area (Å²) in [6, 6.07) is 20.9. The Morgan fingerprint density at radius 1 is 1.07 bits per heavy atom. The van der Waals surface area contributed by atoms with Crippen molar-refractivity contribution in [2.45, 2.75) is 31.8 Å². The van der Waals surface area contributed by atoms with Gasteiger partial charge in [0, 0.05) is 30.9 Å². The molecule has 1 amide bonds. The van der Waals surface area contributed by atoms with Gasteiger partial charge in [-0.1, -0.05) is 54.6 Å². The van der Waals surface area contributed by atoms with Gasteiger partial charge in [-0.15, -0.1) is 11.6 Å². The molecule has 0 saturated heterocycles. The first-order valence-electron chi connectivity index (χ1n) is 9.56. The van der Waals surface area contributed by atoms with Crippen molar-refractivity contribution in [3.8, 4) is 0 Å². The van der Waals surface area contributed by atoms with Crippen LogP contribution in [-0.4, -0.2) is 27.7 Å². The summed E-state index contributed by atoms with van der Waals surface area (Å²) >= 11 is 6.00. The maximum Gasteiger partial charge on any atom is 0.238 e. The lowest BCUT2D eigenvalue weighted by molar-refractivity contribution is -0.132. The van der Waals surface area contributed by atoms with E-state index in [1.54, 1.807) is 6.20 Å². The first-order valence-corrected chi connectivity index (χ1v) is 10.1. The third-order valence-electron chi connectivity index (χ3n) is 5.64. The van der Waals surface area contributed by atoms with E-state index in [0.29, 0.717) is 6.54 Å². The molecule has 3 nitrogen and oxygen atoms in total. The Morgan fingerprint density at radius 3 is 2.54 bits per heavy atom. The molecule has 2 unspecified atom stereocenters. The summed E-state index contributed by atoms with van der Waals surface area (Å²) in [4.78, 5) is 19.0. The number of hydrogen-bond acceptors (Lipinski definition) is 2. The summed E-state index contributed by atoms with van der Waals surface area (Å²) in [5.41, 5.74) is 6.10. The molecule has 0 fully saturated rings. The molecule has 0 spiro atoms. The van der Waals surface area contributed by atoms with E-state index < -0.39 is 0 Å². The third-order valence-corrected chi connectivity index (χ3v) is 5.87. The second-order valence-corrected chi connectivity index (χ2v) is 7.59. The van der Waals surface area contributed by atoms with Crippen LogP contribution in [0.5, 0.6) is 0 Å². The van der Waals surface area contributed by atoms with Crippen LogP contribution < -0.4 is 0 Å². The molecule has 1 aliphatic rings. The van der Waals surface area contributed by atoms with Crippen LogP contribution >= 0.6 is 11.6 Å². The second kappa shape index (κ2) is 8.15. The standard InChI is InChI=1S/C24H23ClN2O/c1-17-7-2-4-10-20(17)24-21-11-5-3-9-19(21)16-27(23(28)14-25)22(24)13-18-8-6-12-26-15-18/h2-12,15,22,24H,13-14,16H2,1H3. The molecule has 0 aliphatic carbocycles. The number of rotatable bonds is 4. The average Bonchev–Trinajstić information content (AvgIpc) is 2.74. The Bertz CT molecular complexity index is 973. The van der Waals surface area contributed by atoms with Crippen molar-refractivity contribution < 1.29 is 4.79 Å². The summed E-state index contributed by atoms with van der Waals surface area (Å²) in [6.45, 7) is 2.73. The van der Waals surface area contributed by atoms with Crippen LogP contribution in [-0.2, 0) is 17.8 Å². The number of carbonyl (C=O) groups excluding carboxylic acids is 1. The van der Waals surface area contributed by atoms with Crippen molar-refractivity contribution in [2.75, 3.05) is 5.88 Å². The number of nitrogens with zero attached hydrogens (tertiary/aromatic N) is 2. The van der Waals surface area contributed by atoms with E-state index in [4.69, 9.17) is 11.6 Å². The molecule has 3 aromatic rings. The minimum absolute atomic E-state index is 0.00774. The van der Waals surface area contributed by atoms with Crippen molar-refractivity contribution in [2.24, 2.45) is 0 Å². The van der Waals surface area contributed by atoms with Gasteiger partial charge in [0.25, 0.3) is 0 Å². The van der Waals surface area contributed by atoms with Gasteiger partial charge in [-0.3, -0.25) is 9.78 Å². The number of carbonyl (C=O) groups is 1. The van der Waals surface area contributed by atoms with E-state index in [1.807, 2.05) is 23.2 Å². The van der Waals surface area contributed by atoms with Crippen LogP contribution in [0.4, 0.5) is 0 Å². The van der Waals surface area contributed by atoms with Crippen LogP contribution in [0.25, 0.3) is 0 Å². The number of fused-ring (bicyclic) bond motifs is 1. The van der Waals surface area contributed by atoms with E-state index in [-0.39, 0.29) is 23.7 Å². The molecule has 4 rings (SSSR count). The van der Waals surface area contributed by atoms with Crippen molar-refractivity contribution in [3.05, 3.63) is 101 Å². The van der Waals surface area contributed by atoms with E-state index in [1.165, 1.54) is 22.3 Å². The number of hydrogen-bond donors (Lipinski definition) is 0. The first-order chi connectivity index (χ1) is 13.7. The molecule has 1 aliphatic heterocycles. The molecule has 0 radical (unpaired) electrons. The van der Waals surface area contributed by atoms with E-state index >= 15 is 0 Å². The Balaban J connectivity index is 1.87. The van der Waals surface area contributed by atoms with Crippen molar-refractivity contribution in [1.82, 2.24) is 9.88 Å². The largest absolute Gasteiger partial charge is 0.333 e. The predicted molar refractivity (Wildman–Crippen MR) is 112 cm³/mol. The first kappa shape index (κ1) is 18.7. The highest BCUT2D eigenvalue weighted by atomic mass is 35.5. The normalized spacial score (nSPS) is 18.6. The van der Waals surface area contributed by atoms with Crippen LogP contribution in [0.1, 0.15) is 33.7 Å². The van der Waals surface area contributed by atoms with E-state index in [2.05, 4.69) is 60.4 Å². The van der Waals surface area contributed by atoms with Crippen LogP contribution in [0.3, 0.4) is 0 Å². The zero-order valence-electron chi connectivity index (χ0n) is 15.9. The van der Waals surface area contributed by atoms with Gasteiger partial charge in [-0.05, 0) is 47.2 Å². The molecule has 0 N–H and O–H groups in total. The summed E-state index contributed by atoms with van der Waals surface area (Å²) < 4.78 is 0. The number of alkyl halides is 1. The van der Waals surface area contributed by atoms with Gasteiger partial charge in [-0.25, -0.2) is 0 Å². The predicted octanol–water partition coefficient (Wildman–Crippen LogP) is 4.71. The Hall–Kier alpha value is -2.65. The minimum Gasteiger partial charge on any atom is -0.333 e. The smallest absolute Gasteiger partial charge is 0.238 e. The Labute approximate surface area is 171 Å². The number of halogens is 1. The molecule has 2 atom stereocenters. The summed E-state index contributed by atoms with van der Waals surface area (Å²) in [7, 11) is 0. The third kappa shape index (κ3) is 3.55. The van der Waals surface area contributed by atoms with Gasteiger partial charge in [0.1, 0.15) is 5.88 Å². The Kier molecular flexibility index (Phi) is 5.45. The molecule has 1 aromatic heterocycles. The maximum atomic E-state index is 12.8. The molecule has 4 heteroatoms. The fourth-order valence-electron chi connectivity index (χ4n) is 4.32. The molecular formula is C24H23ClN2O. The lowest BCUT2D eigenvalue weighted by atomic mass is 9.75. The number of aromatic nitrogens is 1. The molecule has 0 saturated carbocycles. The van der Waals surface area contributed by atoms with Gasteiger partial charge >= 0.3 is 0 Å². The van der Waals surface area contributed by atoms with Gasteiger partial charge in [0.15, 0.2) is 0 Å². The molecule has 2 aromatic carbocycles. The number of aryl methyl sites for hydroxylation is 1. The highest BCUT2D eigenvalue weighted by Crippen LogP contribution is 2.40. The molecular weight excluding hydrogens is 368 g/mol. The molecule has 142 valence electrons. The van der Waals surface area contributed by atoms with Crippen LogP contribution in [0.2, 0.25) is 0 Å². The van der Waals surface area contributed by atoms with Gasteiger partial charge in [0.2, 0.25) is 5.91 Å². The van der Waals surface area contributed by atoms with E-state index in [9.17, 15) is 4.79 Å². The monoisotopic (exact) mass is 390 g/mol. The van der Waals surface area contributed by atoms with E-state index in [0.717, 1.165) is 12.0 Å². The highest BCUT2D eigenvalue weighted by Gasteiger charge is 2.38. The lowest BCUT2D eigenvalue weighted by Gasteiger charge is -2.43. The van der Waals surface area contributed by atoms with Gasteiger partial charge in [0.05, 0.1) is 0 Å². The molecule has 2 heterocycles. The maximum absolute atomic E-state index is 12.8. The zero-order valence-corrected chi connectivity index (χ0v) is 16.6. The topological polar surface area (TPSA) is 33.2 Å².